The summed E-state index contributed by atoms with van der Waals surface area (Å²) in [4.78, 5) is 2.33. The standard InChI is InChI=1S/C16H25NO2/c1-13-8-14(2)10-16(9-13)19-12-15(18)11-17-6-4-3-5-7-17/h8-10,15,18H,3-7,11-12H2,1-2H3/t15-/m1/s1. The molecule has 1 aliphatic heterocycles. The van der Waals surface area contributed by atoms with Crippen molar-refractivity contribution >= 4 is 0 Å². The van der Waals surface area contributed by atoms with Gasteiger partial charge in [0.15, 0.2) is 0 Å². The van der Waals surface area contributed by atoms with Crippen LogP contribution in [0.5, 0.6) is 5.75 Å². The number of hydrogen-bond donors (Lipinski definition) is 1. The van der Waals surface area contributed by atoms with Gasteiger partial charge in [-0.05, 0) is 63.0 Å². The number of likely N-dealkylation sites (tertiary alicyclic amines) is 1. The zero-order valence-corrected chi connectivity index (χ0v) is 12.1. The van der Waals surface area contributed by atoms with E-state index < -0.39 is 6.10 Å². The highest BCUT2D eigenvalue weighted by Crippen LogP contribution is 2.16. The first kappa shape index (κ1) is 14.4. The molecule has 106 valence electrons. The van der Waals surface area contributed by atoms with E-state index in [2.05, 4.69) is 24.8 Å². The SMILES string of the molecule is Cc1cc(C)cc(OC[C@H](O)CN2CCCCC2)c1. The van der Waals surface area contributed by atoms with Crippen LogP contribution in [0.4, 0.5) is 0 Å². The summed E-state index contributed by atoms with van der Waals surface area (Å²) in [6, 6.07) is 6.15. The highest BCUT2D eigenvalue weighted by Gasteiger charge is 2.15. The first-order valence-corrected chi connectivity index (χ1v) is 7.25. The number of aliphatic hydroxyl groups is 1. The van der Waals surface area contributed by atoms with Gasteiger partial charge in [-0.2, -0.15) is 0 Å². The molecule has 0 spiro atoms. The summed E-state index contributed by atoms with van der Waals surface area (Å²) in [5.41, 5.74) is 2.39. The van der Waals surface area contributed by atoms with Gasteiger partial charge in [-0.25, -0.2) is 0 Å². The summed E-state index contributed by atoms with van der Waals surface area (Å²) >= 11 is 0. The molecule has 1 heterocycles. The molecule has 1 atom stereocenters. The molecule has 0 amide bonds. The fourth-order valence-corrected chi connectivity index (χ4v) is 2.70. The normalized spacial score (nSPS) is 18.3. The predicted octanol–water partition coefficient (Wildman–Crippen LogP) is 2.53. The minimum atomic E-state index is -0.404. The Morgan fingerprint density at radius 2 is 1.74 bits per heavy atom. The molecule has 0 saturated carbocycles. The highest BCUT2D eigenvalue weighted by molar-refractivity contribution is 5.32. The molecular weight excluding hydrogens is 238 g/mol. The summed E-state index contributed by atoms with van der Waals surface area (Å²) in [7, 11) is 0. The molecule has 0 bridgehead atoms. The number of ether oxygens (including phenoxy) is 1. The number of piperidine rings is 1. The van der Waals surface area contributed by atoms with Gasteiger partial charge < -0.3 is 14.7 Å². The summed E-state index contributed by atoms with van der Waals surface area (Å²) in [6.07, 6.45) is 3.43. The van der Waals surface area contributed by atoms with Gasteiger partial charge in [0.05, 0.1) is 0 Å². The van der Waals surface area contributed by atoms with Gasteiger partial charge in [-0.3, -0.25) is 0 Å². The summed E-state index contributed by atoms with van der Waals surface area (Å²) in [5, 5.41) is 10.0. The molecule has 0 aliphatic carbocycles. The number of aliphatic hydroxyl groups excluding tert-OH is 1. The fourth-order valence-electron chi connectivity index (χ4n) is 2.70. The van der Waals surface area contributed by atoms with E-state index >= 15 is 0 Å². The Balaban J connectivity index is 1.77. The van der Waals surface area contributed by atoms with Crippen LogP contribution in [0.15, 0.2) is 18.2 Å². The molecule has 1 aromatic carbocycles. The monoisotopic (exact) mass is 263 g/mol. The molecule has 19 heavy (non-hydrogen) atoms. The summed E-state index contributed by atoms with van der Waals surface area (Å²) in [5.74, 6) is 0.857. The largest absolute Gasteiger partial charge is 0.491 e. The lowest BCUT2D eigenvalue weighted by atomic mass is 10.1. The van der Waals surface area contributed by atoms with E-state index in [1.165, 1.54) is 30.4 Å². The molecule has 0 unspecified atom stereocenters. The molecule has 2 rings (SSSR count). The molecule has 0 radical (unpaired) electrons. The zero-order valence-electron chi connectivity index (χ0n) is 12.1. The van der Waals surface area contributed by atoms with Gasteiger partial charge in [0, 0.05) is 6.54 Å². The Labute approximate surface area is 116 Å². The maximum atomic E-state index is 10.0. The minimum absolute atomic E-state index is 0.374. The van der Waals surface area contributed by atoms with E-state index in [0.717, 1.165) is 25.4 Å². The number of nitrogens with zero attached hydrogens (tertiary/aromatic N) is 1. The van der Waals surface area contributed by atoms with E-state index in [1.807, 2.05) is 12.1 Å². The van der Waals surface area contributed by atoms with E-state index in [0.29, 0.717) is 6.61 Å². The van der Waals surface area contributed by atoms with Crippen molar-refractivity contribution in [2.24, 2.45) is 0 Å². The van der Waals surface area contributed by atoms with Gasteiger partial charge >= 0.3 is 0 Å². The number of β-amino-alcohol motifs (C(OH)–C–C–N with tert-alkyl or cyclic N) is 1. The molecule has 3 nitrogen and oxygen atoms in total. The van der Waals surface area contributed by atoms with Crippen molar-refractivity contribution in [2.75, 3.05) is 26.2 Å². The third kappa shape index (κ3) is 4.84. The van der Waals surface area contributed by atoms with Crippen LogP contribution in [0.1, 0.15) is 30.4 Å². The van der Waals surface area contributed by atoms with Crippen LogP contribution in [-0.4, -0.2) is 42.4 Å². The average molecular weight is 263 g/mol. The van der Waals surface area contributed by atoms with Gasteiger partial charge in [0.2, 0.25) is 0 Å². The Bertz CT molecular complexity index is 379. The van der Waals surface area contributed by atoms with Crippen LogP contribution in [0.3, 0.4) is 0 Å². The number of benzene rings is 1. The van der Waals surface area contributed by atoms with Crippen LogP contribution in [0, 0.1) is 13.8 Å². The predicted molar refractivity (Wildman–Crippen MR) is 77.7 cm³/mol. The molecule has 1 saturated heterocycles. The van der Waals surface area contributed by atoms with Gasteiger partial charge in [0.1, 0.15) is 18.5 Å². The smallest absolute Gasteiger partial charge is 0.119 e. The average Bonchev–Trinajstić information content (AvgIpc) is 2.36. The zero-order chi connectivity index (χ0) is 13.7. The van der Waals surface area contributed by atoms with Crippen molar-refractivity contribution in [3.8, 4) is 5.75 Å². The van der Waals surface area contributed by atoms with Crippen molar-refractivity contribution < 1.29 is 9.84 Å². The number of aryl methyl sites for hydroxylation is 2. The van der Waals surface area contributed by atoms with Gasteiger partial charge in [-0.1, -0.05) is 12.5 Å². The van der Waals surface area contributed by atoms with E-state index in [-0.39, 0.29) is 0 Å². The van der Waals surface area contributed by atoms with Crippen LogP contribution in [-0.2, 0) is 0 Å². The molecule has 1 N–H and O–H groups in total. The molecule has 1 aliphatic rings. The van der Waals surface area contributed by atoms with Crippen molar-refractivity contribution in [3.05, 3.63) is 29.3 Å². The molecule has 0 aromatic heterocycles. The van der Waals surface area contributed by atoms with E-state index in [1.54, 1.807) is 0 Å². The van der Waals surface area contributed by atoms with Crippen LogP contribution >= 0.6 is 0 Å². The molecular formula is C16H25NO2. The Hall–Kier alpha value is -1.06. The third-order valence-corrected chi connectivity index (χ3v) is 3.56. The fraction of sp³-hybridized carbons (Fsp3) is 0.625. The lowest BCUT2D eigenvalue weighted by Gasteiger charge is -2.28. The minimum Gasteiger partial charge on any atom is -0.491 e. The van der Waals surface area contributed by atoms with Gasteiger partial charge in [0.25, 0.3) is 0 Å². The van der Waals surface area contributed by atoms with Crippen molar-refractivity contribution in [2.45, 2.75) is 39.2 Å². The number of hydrogen-bond acceptors (Lipinski definition) is 3. The molecule has 1 aromatic rings. The van der Waals surface area contributed by atoms with Gasteiger partial charge in [-0.15, -0.1) is 0 Å². The molecule has 3 heteroatoms. The topological polar surface area (TPSA) is 32.7 Å². The Morgan fingerprint density at radius 3 is 2.37 bits per heavy atom. The van der Waals surface area contributed by atoms with Crippen molar-refractivity contribution in [1.82, 2.24) is 4.90 Å². The number of rotatable bonds is 5. The van der Waals surface area contributed by atoms with Crippen LogP contribution in [0.25, 0.3) is 0 Å². The third-order valence-electron chi connectivity index (χ3n) is 3.56. The Kier molecular flexibility index (Phi) is 5.23. The lowest BCUT2D eigenvalue weighted by molar-refractivity contribution is 0.0617. The maximum absolute atomic E-state index is 10.0. The maximum Gasteiger partial charge on any atom is 0.119 e. The first-order chi connectivity index (χ1) is 9.13. The van der Waals surface area contributed by atoms with Crippen LogP contribution < -0.4 is 4.74 Å². The second-order valence-electron chi connectivity index (χ2n) is 5.65. The second-order valence-corrected chi connectivity index (χ2v) is 5.65. The van der Waals surface area contributed by atoms with Crippen LogP contribution in [0.2, 0.25) is 0 Å². The van der Waals surface area contributed by atoms with Crippen molar-refractivity contribution in [1.29, 1.82) is 0 Å². The molecule has 1 fully saturated rings. The van der Waals surface area contributed by atoms with E-state index in [9.17, 15) is 5.11 Å². The summed E-state index contributed by atoms with van der Waals surface area (Å²) < 4.78 is 5.69. The second kappa shape index (κ2) is 6.92. The summed E-state index contributed by atoms with van der Waals surface area (Å²) in [6.45, 7) is 7.44. The van der Waals surface area contributed by atoms with E-state index in [4.69, 9.17) is 4.74 Å². The quantitative estimate of drug-likeness (QED) is 0.886. The Morgan fingerprint density at radius 1 is 1.11 bits per heavy atom. The highest BCUT2D eigenvalue weighted by atomic mass is 16.5. The van der Waals surface area contributed by atoms with Crippen molar-refractivity contribution in [3.63, 3.8) is 0 Å². The lowest BCUT2D eigenvalue weighted by Crippen LogP contribution is -2.38. The first-order valence-electron chi connectivity index (χ1n) is 7.25.